The van der Waals surface area contributed by atoms with Crippen LogP contribution in [-0.2, 0) is 0 Å². The second-order valence-corrected chi connectivity index (χ2v) is 6.88. The second-order valence-electron chi connectivity index (χ2n) is 6.49. The number of imidazole rings is 1. The number of hydrogen-bond donors (Lipinski definition) is 2. The molecule has 0 saturated heterocycles. The summed E-state index contributed by atoms with van der Waals surface area (Å²) in [5.41, 5.74) is 4.34. The predicted octanol–water partition coefficient (Wildman–Crippen LogP) is 4.61. The van der Waals surface area contributed by atoms with Crippen molar-refractivity contribution in [3.63, 3.8) is 0 Å². The summed E-state index contributed by atoms with van der Waals surface area (Å²) in [4.78, 5) is 16.1. The van der Waals surface area contributed by atoms with Gasteiger partial charge in [0, 0.05) is 17.3 Å². The molecule has 5 rings (SSSR count). The van der Waals surface area contributed by atoms with Crippen molar-refractivity contribution in [3.05, 3.63) is 71.9 Å². The Morgan fingerprint density at radius 3 is 2.76 bits per heavy atom. The third-order valence-corrected chi connectivity index (χ3v) is 4.96. The van der Waals surface area contributed by atoms with Gasteiger partial charge in [0.05, 0.1) is 23.3 Å². The van der Waals surface area contributed by atoms with Crippen LogP contribution in [0.3, 0.4) is 0 Å². The Balaban J connectivity index is 0.00000205. The molecule has 146 valence electrons. The van der Waals surface area contributed by atoms with E-state index in [0.29, 0.717) is 10.8 Å². The van der Waals surface area contributed by atoms with Crippen LogP contribution in [0.2, 0.25) is 5.15 Å². The molecular formula is C20H18ClN7S. The molecule has 4 heterocycles. The molecule has 7 nitrogen and oxygen atoms in total. The first-order valence-electron chi connectivity index (χ1n) is 8.85. The van der Waals surface area contributed by atoms with E-state index >= 15 is 0 Å². The number of benzene rings is 1. The number of nitrogens with zero attached hydrogens (tertiary/aromatic N) is 5. The smallest absolute Gasteiger partial charge is 0.155 e. The Kier molecular flexibility index (Phi) is 5.12. The molecule has 5 aromatic rings. The van der Waals surface area contributed by atoms with Crippen LogP contribution in [0, 0.1) is 0 Å². The zero-order valence-corrected chi connectivity index (χ0v) is 17.2. The molecule has 9 heteroatoms. The monoisotopic (exact) mass is 423 g/mol. The quantitative estimate of drug-likeness (QED) is 0.441. The maximum Gasteiger partial charge on any atom is 0.155 e. The zero-order chi connectivity index (χ0) is 19.1. The Hall–Kier alpha value is -3.10. The highest BCUT2D eigenvalue weighted by Crippen LogP contribution is 2.31. The number of aromatic amines is 1. The summed E-state index contributed by atoms with van der Waals surface area (Å²) < 4.78 is 1.65. The van der Waals surface area contributed by atoms with Crippen molar-refractivity contribution in [2.45, 2.75) is 13.0 Å². The minimum absolute atomic E-state index is 0. The van der Waals surface area contributed by atoms with Crippen LogP contribution in [0.1, 0.15) is 18.5 Å². The average Bonchev–Trinajstić information content (AvgIpc) is 3.35. The molecule has 29 heavy (non-hydrogen) atoms. The van der Waals surface area contributed by atoms with Crippen molar-refractivity contribution >= 4 is 47.6 Å². The molecule has 0 radical (unpaired) electrons. The van der Waals surface area contributed by atoms with Crippen LogP contribution in [-0.4, -0.2) is 29.5 Å². The molecule has 1 aromatic carbocycles. The largest absolute Gasteiger partial charge is 0.363 e. The second kappa shape index (κ2) is 7.73. The third-order valence-electron chi connectivity index (χ3n) is 4.70. The third kappa shape index (κ3) is 3.41. The van der Waals surface area contributed by atoms with Gasteiger partial charge in [-0.1, -0.05) is 41.9 Å². The molecule has 0 aliphatic carbocycles. The number of hydrogen-bond acceptors (Lipinski definition) is 5. The van der Waals surface area contributed by atoms with E-state index in [1.807, 2.05) is 48.7 Å². The first-order valence-corrected chi connectivity index (χ1v) is 9.23. The van der Waals surface area contributed by atoms with Gasteiger partial charge in [0.2, 0.25) is 0 Å². The van der Waals surface area contributed by atoms with Gasteiger partial charge in [-0.2, -0.15) is 18.6 Å². The van der Waals surface area contributed by atoms with E-state index in [2.05, 4.69) is 32.2 Å². The van der Waals surface area contributed by atoms with E-state index in [1.54, 1.807) is 17.0 Å². The van der Waals surface area contributed by atoms with E-state index in [-0.39, 0.29) is 19.5 Å². The summed E-state index contributed by atoms with van der Waals surface area (Å²) >= 11 is 6.25. The van der Waals surface area contributed by atoms with Gasteiger partial charge < -0.3 is 10.3 Å². The molecule has 0 aliphatic heterocycles. The van der Waals surface area contributed by atoms with Gasteiger partial charge in [-0.3, -0.25) is 0 Å². The van der Waals surface area contributed by atoms with Crippen molar-refractivity contribution in [1.82, 2.24) is 29.5 Å². The summed E-state index contributed by atoms with van der Waals surface area (Å²) in [5.74, 6) is 0.763. The van der Waals surface area contributed by atoms with Gasteiger partial charge >= 0.3 is 0 Å². The van der Waals surface area contributed by atoms with Gasteiger partial charge in [0.15, 0.2) is 10.8 Å². The minimum Gasteiger partial charge on any atom is -0.363 e. The lowest BCUT2D eigenvalue weighted by atomic mass is 10.0. The molecular weight excluding hydrogens is 406 g/mol. The van der Waals surface area contributed by atoms with E-state index in [4.69, 9.17) is 16.7 Å². The van der Waals surface area contributed by atoms with E-state index < -0.39 is 0 Å². The molecule has 0 unspecified atom stereocenters. The highest BCUT2D eigenvalue weighted by molar-refractivity contribution is 7.59. The number of aromatic nitrogens is 6. The number of anilines is 1. The van der Waals surface area contributed by atoms with Crippen LogP contribution < -0.4 is 5.32 Å². The molecule has 2 N–H and O–H groups in total. The van der Waals surface area contributed by atoms with Crippen LogP contribution in [0.4, 0.5) is 5.82 Å². The lowest BCUT2D eigenvalue weighted by Gasteiger charge is -2.19. The molecule has 1 atom stereocenters. The molecule has 0 fully saturated rings. The van der Waals surface area contributed by atoms with Crippen LogP contribution in [0.15, 0.2) is 61.2 Å². The standard InChI is InChI=1S/C20H16ClN7.H2S/c1-12(26-20-14-7-8-22-19(14)24-11-25-20)15-9-17-23-10-16(21)28(17)27-18(15)13-5-3-2-4-6-13;/h2-12H,1H3,(H2,22,24,25,26);1H2/t12-;/m0./s1. The Labute approximate surface area is 178 Å². The molecule has 4 aromatic heterocycles. The maximum absolute atomic E-state index is 6.25. The summed E-state index contributed by atoms with van der Waals surface area (Å²) in [6, 6.07) is 13.9. The number of fused-ring (bicyclic) bond motifs is 2. The lowest BCUT2D eigenvalue weighted by Crippen LogP contribution is -2.12. The Morgan fingerprint density at radius 1 is 1.10 bits per heavy atom. The molecule has 0 spiro atoms. The SMILES string of the molecule is C[C@H](Nc1ncnc2[nH]ccc12)c1cc2ncc(Cl)n2nc1-c1ccccc1.S. The summed E-state index contributed by atoms with van der Waals surface area (Å²) in [7, 11) is 0. The van der Waals surface area contributed by atoms with E-state index in [1.165, 1.54) is 0 Å². The molecule has 0 bridgehead atoms. The maximum atomic E-state index is 6.25. The van der Waals surface area contributed by atoms with E-state index in [0.717, 1.165) is 33.7 Å². The Morgan fingerprint density at radius 2 is 1.93 bits per heavy atom. The van der Waals surface area contributed by atoms with Gasteiger partial charge in [0.1, 0.15) is 17.8 Å². The van der Waals surface area contributed by atoms with Crippen molar-refractivity contribution in [2.24, 2.45) is 0 Å². The van der Waals surface area contributed by atoms with Crippen LogP contribution in [0.5, 0.6) is 0 Å². The van der Waals surface area contributed by atoms with Crippen LogP contribution in [0.25, 0.3) is 27.9 Å². The van der Waals surface area contributed by atoms with Crippen molar-refractivity contribution in [1.29, 1.82) is 0 Å². The number of H-pyrrole nitrogens is 1. The summed E-state index contributed by atoms with van der Waals surface area (Å²) in [6.07, 6.45) is 5.00. The van der Waals surface area contributed by atoms with Crippen molar-refractivity contribution in [3.8, 4) is 11.3 Å². The highest BCUT2D eigenvalue weighted by Gasteiger charge is 2.18. The Bertz CT molecular complexity index is 1280. The predicted molar refractivity (Wildman–Crippen MR) is 120 cm³/mol. The summed E-state index contributed by atoms with van der Waals surface area (Å²) in [5, 5.41) is 9.67. The fourth-order valence-corrected chi connectivity index (χ4v) is 3.49. The number of rotatable bonds is 4. The molecule has 0 saturated carbocycles. The first-order chi connectivity index (χ1) is 13.7. The highest BCUT2D eigenvalue weighted by atomic mass is 35.5. The van der Waals surface area contributed by atoms with Crippen LogP contribution >= 0.6 is 25.1 Å². The van der Waals surface area contributed by atoms with Crippen molar-refractivity contribution < 1.29 is 0 Å². The zero-order valence-electron chi connectivity index (χ0n) is 15.5. The normalized spacial score (nSPS) is 12.1. The van der Waals surface area contributed by atoms with Gasteiger partial charge in [-0.15, -0.1) is 0 Å². The summed E-state index contributed by atoms with van der Waals surface area (Å²) in [6.45, 7) is 2.07. The van der Waals surface area contributed by atoms with E-state index in [9.17, 15) is 0 Å². The number of halogens is 1. The topological polar surface area (TPSA) is 83.8 Å². The lowest BCUT2D eigenvalue weighted by molar-refractivity contribution is 0.843. The fraction of sp³-hybridized carbons (Fsp3) is 0.100. The minimum atomic E-state index is -0.0730. The fourth-order valence-electron chi connectivity index (χ4n) is 3.32. The average molecular weight is 424 g/mol. The van der Waals surface area contributed by atoms with Crippen molar-refractivity contribution in [2.75, 3.05) is 5.32 Å². The van der Waals surface area contributed by atoms with Gasteiger partial charge in [0.25, 0.3) is 0 Å². The molecule has 0 aliphatic rings. The van der Waals surface area contributed by atoms with Gasteiger partial charge in [-0.25, -0.2) is 19.5 Å². The first kappa shape index (κ1) is 19.2. The molecule has 0 amide bonds. The number of nitrogens with one attached hydrogen (secondary N) is 2. The van der Waals surface area contributed by atoms with Gasteiger partial charge in [-0.05, 0) is 19.1 Å².